The molecule has 0 bridgehead atoms. The van der Waals surface area contributed by atoms with Crippen LogP contribution >= 0.6 is 0 Å². The topological polar surface area (TPSA) is 55.1 Å². The lowest BCUT2D eigenvalue weighted by Crippen LogP contribution is -2.17. The second kappa shape index (κ2) is 3.60. The minimum absolute atomic E-state index is 0.247. The summed E-state index contributed by atoms with van der Waals surface area (Å²) in [6, 6.07) is -0.542. The summed E-state index contributed by atoms with van der Waals surface area (Å²) in [6.45, 7) is 5.64. The van der Waals surface area contributed by atoms with Crippen LogP contribution in [0.1, 0.15) is 38.6 Å². The molecule has 0 fully saturated rings. The van der Waals surface area contributed by atoms with Crippen molar-refractivity contribution in [2.24, 2.45) is 0 Å². The first kappa shape index (κ1) is 9.77. The van der Waals surface area contributed by atoms with Gasteiger partial charge in [0.1, 0.15) is 11.9 Å². The molecule has 0 spiro atoms. The van der Waals surface area contributed by atoms with E-state index >= 15 is 0 Å². The van der Waals surface area contributed by atoms with Crippen LogP contribution in [-0.4, -0.2) is 20.6 Å². The molecule has 0 aliphatic carbocycles. The fourth-order valence-electron chi connectivity index (χ4n) is 1.22. The zero-order valence-corrected chi connectivity index (χ0v) is 8.06. The van der Waals surface area contributed by atoms with Crippen molar-refractivity contribution in [2.45, 2.75) is 32.7 Å². The first-order chi connectivity index (χ1) is 6.04. The van der Waals surface area contributed by atoms with Gasteiger partial charge in [0.25, 0.3) is 0 Å². The Morgan fingerprint density at radius 3 is 2.62 bits per heavy atom. The molecule has 0 unspecified atom stereocenters. The molecule has 0 aliphatic heterocycles. The van der Waals surface area contributed by atoms with Crippen LogP contribution in [0.2, 0.25) is 0 Å². The lowest BCUT2D eigenvalue weighted by atomic mass is 10.2. The SMILES string of the molecule is CC(C)c1nccn1[C@@H](C)C(=O)O. The fourth-order valence-corrected chi connectivity index (χ4v) is 1.22. The Morgan fingerprint density at radius 1 is 1.54 bits per heavy atom. The number of carboxylic acids is 1. The smallest absolute Gasteiger partial charge is 0.326 e. The normalized spacial score (nSPS) is 13.2. The molecular weight excluding hydrogens is 168 g/mol. The van der Waals surface area contributed by atoms with Gasteiger partial charge in [-0.1, -0.05) is 13.8 Å². The van der Waals surface area contributed by atoms with Gasteiger partial charge in [-0.2, -0.15) is 0 Å². The van der Waals surface area contributed by atoms with Crippen LogP contribution in [0.15, 0.2) is 12.4 Å². The Kier molecular flexibility index (Phi) is 2.70. The quantitative estimate of drug-likeness (QED) is 0.773. The number of aromatic nitrogens is 2. The summed E-state index contributed by atoms with van der Waals surface area (Å²) in [5.41, 5.74) is 0. The van der Waals surface area contributed by atoms with Gasteiger partial charge in [-0.3, -0.25) is 0 Å². The van der Waals surface area contributed by atoms with Gasteiger partial charge in [0.2, 0.25) is 0 Å². The number of aliphatic carboxylic acids is 1. The molecule has 13 heavy (non-hydrogen) atoms. The number of carboxylic acid groups (broad SMARTS) is 1. The van der Waals surface area contributed by atoms with Crippen LogP contribution in [0.3, 0.4) is 0 Å². The summed E-state index contributed by atoms with van der Waals surface area (Å²) < 4.78 is 1.69. The van der Waals surface area contributed by atoms with Crippen LogP contribution in [0.5, 0.6) is 0 Å². The van der Waals surface area contributed by atoms with Crippen LogP contribution in [0, 0.1) is 0 Å². The second-order valence-corrected chi connectivity index (χ2v) is 3.36. The number of imidazole rings is 1. The Hall–Kier alpha value is -1.32. The van der Waals surface area contributed by atoms with Crippen LogP contribution in [-0.2, 0) is 4.79 Å². The zero-order valence-electron chi connectivity index (χ0n) is 8.06. The molecule has 0 aliphatic rings. The molecular formula is C9H14N2O2. The molecule has 4 heteroatoms. The molecule has 72 valence electrons. The van der Waals surface area contributed by atoms with Crippen molar-refractivity contribution in [1.82, 2.24) is 9.55 Å². The Morgan fingerprint density at radius 2 is 2.15 bits per heavy atom. The zero-order chi connectivity index (χ0) is 10.0. The summed E-state index contributed by atoms with van der Waals surface area (Å²) in [6.07, 6.45) is 3.34. The Bertz CT molecular complexity index is 304. The maximum atomic E-state index is 10.7. The first-order valence-electron chi connectivity index (χ1n) is 4.29. The van der Waals surface area contributed by atoms with E-state index in [9.17, 15) is 4.79 Å². The number of rotatable bonds is 3. The Balaban J connectivity index is 3.00. The van der Waals surface area contributed by atoms with Crippen LogP contribution in [0.25, 0.3) is 0 Å². The summed E-state index contributed by atoms with van der Waals surface area (Å²) in [4.78, 5) is 14.8. The maximum absolute atomic E-state index is 10.7. The van der Waals surface area contributed by atoms with Crippen molar-refractivity contribution in [3.63, 3.8) is 0 Å². The van der Waals surface area contributed by atoms with E-state index in [1.54, 1.807) is 23.9 Å². The molecule has 0 aromatic carbocycles. The van der Waals surface area contributed by atoms with Gasteiger partial charge in [-0.15, -0.1) is 0 Å². The van der Waals surface area contributed by atoms with Gasteiger partial charge < -0.3 is 9.67 Å². The van der Waals surface area contributed by atoms with Crippen molar-refractivity contribution in [3.05, 3.63) is 18.2 Å². The highest BCUT2D eigenvalue weighted by atomic mass is 16.4. The summed E-state index contributed by atoms with van der Waals surface area (Å²) in [5.74, 6) is 0.228. The summed E-state index contributed by atoms with van der Waals surface area (Å²) in [5, 5.41) is 8.81. The lowest BCUT2D eigenvalue weighted by Gasteiger charge is -2.13. The fraction of sp³-hybridized carbons (Fsp3) is 0.556. The molecule has 0 amide bonds. The molecule has 1 N–H and O–H groups in total. The molecule has 1 heterocycles. The Labute approximate surface area is 77.2 Å². The second-order valence-electron chi connectivity index (χ2n) is 3.36. The lowest BCUT2D eigenvalue weighted by molar-refractivity contribution is -0.140. The molecule has 0 saturated carbocycles. The number of hydrogen-bond donors (Lipinski definition) is 1. The van der Waals surface area contributed by atoms with E-state index in [-0.39, 0.29) is 5.92 Å². The minimum atomic E-state index is -0.833. The highest BCUT2D eigenvalue weighted by Gasteiger charge is 2.17. The predicted molar refractivity (Wildman–Crippen MR) is 48.7 cm³/mol. The number of carbonyl (C=O) groups is 1. The largest absolute Gasteiger partial charge is 0.480 e. The van der Waals surface area contributed by atoms with Crippen molar-refractivity contribution in [1.29, 1.82) is 0 Å². The molecule has 1 aromatic heterocycles. The van der Waals surface area contributed by atoms with Crippen LogP contribution < -0.4 is 0 Å². The average molecular weight is 182 g/mol. The molecule has 0 radical (unpaired) electrons. The van der Waals surface area contributed by atoms with Gasteiger partial charge >= 0.3 is 5.97 Å². The van der Waals surface area contributed by atoms with E-state index in [0.717, 1.165) is 5.82 Å². The van der Waals surface area contributed by atoms with Crippen molar-refractivity contribution < 1.29 is 9.90 Å². The van der Waals surface area contributed by atoms with E-state index in [2.05, 4.69) is 4.98 Å². The maximum Gasteiger partial charge on any atom is 0.326 e. The van der Waals surface area contributed by atoms with E-state index in [1.165, 1.54) is 0 Å². The highest BCUT2D eigenvalue weighted by Crippen LogP contribution is 2.16. The highest BCUT2D eigenvalue weighted by molar-refractivity contribution is 5.71. The van der Waals surface area contributed by atoms with Gasteiger partial charge in [0, 0.05) is 18.3 Å². The third-order valence-electron chi connectivity index (χ3n) is 1.99. The third kappa shape index (κ3) is 1.88. The number of hydrogen-bond acceptors (Lipinski definition) is 2. The molecule has 1 aromatic rings. The third-order valence-corrected chi connectivity index (χ3v) is 1.99. The summed E-state index contributed by atoms with van der Waals surface area (Å²) >= 11 is 0. The molecule has 1 atom stereocenters. The van der Waals surface area contributed by atoms with Gasteiger partial charge in [-0.25, -0.2) is 9.78 Å². The minimum Gasteiger partial charge on any atom is -0.480 e. The standard InChI is InChI=1S/C9H14N2O2/c1-6(2)8-10-4-5-11(8)7(3)9(12)13/h4-7H,1-3H3,(H,12,13)/t7-/m0/s1. The van der Waals surface area contributed by atoms with Crippen molar-refractivity contribution in [2.75, 3.05) is 0 Å². The molecule has 4 nitrogen and oxygen atoms in total. The van der Waals surface area contributed by atoms with E-state index in [1.807, 2.05) is 13.8 Å². The van der Waals surface area contributed by atoms with Crippen molar-refractivity contribution >= 4 is 5.97 Å². The molecule has 0 saturated heterocycles. The average Bonchev–Trinajstić information content (AvgIpc) is 2.50. The monoisotopic (exact) mass is 182 g/mol. The van der Waals surface area contributed by atoms with Gasteiger partial charge in [-0.05, 0) is 6.92 Å². The summed E-state index contributed by atoms with van der Waals surface area (Å²) in [7, 11) is 0. The predicted octanol–water partition coefficient (Wildman–Crippen LogP) is 1.65. The number of nitrogens with zero attached hydrogens (tertiary/aromatic N) is 2. The van der Waals surface area contributed by atoms with Gasteiger partial charge in [0.15, 0.2) is 0 Å². The van der Waals surface area contributed by atoms with Crippen molar-refractivity contribution in [3.8, 4) is 0 Å². The first-order valence-corrected chi connectivity index (χ1v) is 4.29. The van der Waals surface area contributed by atoms with Crippen LogP contribution in [0.4, 0.5) is 0 Å². The van der Waals surface area contributed by atoms with E-state index in [4.69, 9.17) is 5.11 Å². The molecule has 1 rings (SSSR count). The van der Waals surface area contributed by atoms with E-state index < -0.39 is 12.0 Å². The van der Waals surface area contributed by atoms with Gasteiger partial charge in [0.05, 0.1) is 0 Å². The van der Waals surface area contributed by atoms with E-state index in [0.29, 0.717) is 0 Å².